The number of thiazole rings is 1. The van der Waals surface area contributed by atoms with Crippen LogP contribution in [0, 0.1) is 0 Å². The second-order valence-corrected chi connectivity index (χ2v) is 5.73. The Bertz CT molecular complexity index is 320. The van der Waals surface area contributed by atoms with Crippen LogP contribution in [-0.2, 0) is 11.2 Å². The number of methoxy groups -OCH3 is 1. The molecule has 1 saturated carbocycles. The molecule has 0 aliphatic heterocycles. The molecule has 0 bridgehead atoms. The minimum atomic E-state index is 0.0417. The zero-order valence-electron chi connectivity index (χ0n) is 10.7. The number of aromatic nitrogens is 1. The van der Waals surface area contributed by atoms with Crippen molar-refractivity contribution in [3.63, 3.8) is 0 Å². The highest BCUT2D eigenvalue weighted by molar-refractivity contribution is 7.09. The average Bonchev–Trinajstić information content (AvgIpc) is 3.00. The molecule has 0 spiro atoms. The number of hydrogen-bond donors (Lipinski definition) is 1. The van der Waals surface area contributed by atoms with Gasteiger partial charge in [-0.25, -0.2) is 0 Å². The van der Waals surface area contributed by atoms with Crippen LogP contribution in [0.1, 0.15) is 37.5 Å². The van der Waals surface area contributed by atoms with Gasteiger partial charge in [0, 0.05) is 30.6 Å². The van der Waals surface area contributed by atoms with E-state index in [2.05, 4.69) is 17.2 Å². The fraction of sp³-hybridized carbons (Fsp3) is 0.769. The molecular formula is C13H22N2OS. The van der Waals surface area contributed by atoms with Gasteiger partial charge < -0.3 is 10.1 Å². The van der Waals surface area contributed by atoms with E-state index in [-0.39, 0.29) is 5.60 Å². The van der Waals surface area contributed by atoms with Gasteiger partial charge in [-0.15, -0.1) is 11.3 Å². The van der Waals surface area contributed by atoms with Gasteiger partial charge in [0.05, 0.1) is 11.1 Å². The van der Waals surface area contributed by atoms with Crippen molar-refractivity contribution >= 4 is 11.3 Å². The van der Waals surface area contributed by atoms with Crippen molar-refractivity contribution in [2.24, 2.45) is 0 Å². The molecular weight excluding hydrogens is 232 g/mol. The summed E-state index contributed by atoms with van der Waals surface area (Å²) < 4.78 is 5.88. The Kier molecular flexibility index (Phi) is 4.54. The summed E-state index contributed by atoms with van der Waals surface area (Å²) >= 11 is 1.74. The molecule has 2 rings (SSSR count). The molecule has 1 aromatic rings. The zero-order valence-corrected chi connectivity index (χ0v) is 11.6. The third-order valence-corrected chi connectivity index (χ3v) is 4.63. The fourth-order valence-corrected chi connectivity index (χ4v) is 3.54. The molecule has 1 fully saturated rings. The largest absolute Gasteiger partial charge is 0.377 e. The summed E-state index contributed by atoms with van der Waals surface area (Å²) in [6.45, 7) is 3.16. The highest BCUT2D eigenvalue weighted by atomic mass is 32.1. The first-order valence-electron chi connectivity index (χ1n) is 6.46. The lowest BCUT2D eigenvalue weighted by Gasteiger charge is -2.36. The SMILES string of the molecule is CCNC(Cc1cncs1)C1(OC)CCCC1. The van der Waals surface area contributed by atoms with E-state index in [9.17, 15) is 0 Å². The van der Waals surface area contributed by atoms with Gasteiger partial charge in [-0.3, -0.25) is 4.98 Å². The van der Waals surface area contributed by atoms with Crippen LogP contribution >= 0.6 is 11.3 Å². The number of ether oxygens (including phenoxy) is 1. The maximum atomic E-state index is 5.88. The summed E-state index contributed by atoms with van der Waals surface area (Å²) in [4.78, 5) is 5.51. The number of rotatable bonds is 6. The topological polar surface area (TPSA) is 34.2 Å². The van der Waals surface area contributed by atoms with E-state index >= 15 is 0 Å². The Hall–Kier alpha value is -0.450. The Labute approximate surface area is 108 Å². The van der Waals surface area contributed by atoms with Crippen molar-refractivity contribution in [1.29, 1.82) is 0 Å². The van der Waals surface area contributed by atoms with Gasteiger partial charge in [0.2, 0.25) is 0 Å². The number of nitrogens with zero attached hydrogens (tertiary/aromatic N) is 1. The van der Waals surface area contributed by atoms with E-state index in [0.29, 0.717) is 6.04 Å². The molecule has 4 heteroatoms. The molecule has 17 heavy (non-hydrogen) atoms. The Balaban J connectivity index is 2.09. The lowest BCUT2D eigenvalue weighted by atomic mass is 9.89. The molecule has 0 aromatic carbocycles. The molecule has 1 N–H and O–H groups in total. The van der Waals surface area contributed by atoms with Gasteiger partial charge in [-0.2, -0.15) is 0 Å². The first-order chi connectivity index (χ1) is 8.30. The van der Waals surface area contributed by atoms with Gasteiger partial charge in [-0.05, 0) is 19.4 Å². The van der Waals surface area contributed by atoms with E-state index in [4.69, 9.17) is 4.74 Å². The summed E-state index contributed by atoms with van der Waals surface area (Å²) in [5, 5.41) is 3.61. The first-order valence-corrected chi connectivity index (χ1v) is 7.34. The molecule has 1 aliphatic rings. The van der Waals surface area contributed by atoms with Crippen LogP contribution in [0.3, 0.4) is 0 Å². The van der Waals surface area contributed by atoms with Crippen LogP contribution in [0.5, 0.6) is 0 Å². The molecule has 1 aliphatic carbocycles. The van der Waals surface area contributed by atoms with E-state index in [1.807, 2.05) is 18.8 Å². The standard InChI is InChI=1S/C13H22N2OS/c1-3-15-12(8-11-9-14-10-17-11)13(16-2)6-4-5-7-13/h9-10,12,15H,3-8H2,1-2H3. The fourth-order valence-electron chi connectivity index (χ4n) is 2.90. The summed E-state index contributed by atoms with van der Waals surface area (Å²) in [7, 11) is 1.86. The van der Waals surface area contributed by atoms with Crippen LogP contribution < -0.4 is 5.32 Å². The van der Waals surface area contributed by atoms with Crippen LogP contribution in [0.15, 0.2) is 11.7 Å². The van der Waals surface area contributed by atoms with Crippen molar-refractivity contribution in [3.8, 4) is 0 Å². The maximum absolute atomic E-state index is 5.88. The normalized spacial score (nSPS) is 20.6. The van der Waals surface area contributed by atoms with Gasteiger partial charge in [-0.1, -0.05) is 19.8 Å². The molecule has 96 valence electrons. The number of hydrogen-bond acceptors (Lipinski definition) is 4. The van der Waals surface area contributed by atoms with Gasteiger partial charge >= 0.3 is 0 Å². The highest BCUT2D eigenvalue weighted by Gasteiger charge is 2.41. The molecule has 1 unspecified atom stereocenters. The summed E-state index contributed by atoms with van der Waals surface area (Å²) in [6, 6.07) is 0.417. The molecule has 0 amide bonds. The average molecular weight is 254 g/mol. The molecule has 1 aromatic heterocycles. The van der Waals surface area contributed by atoms with Crippen molar-refractivity contribution in [2.45, 2.75) is 50.7 Å². The smallest absolute Gasteiger partial charge is 0.0834 e. The van der Waals surface area contributed by atoms with Crippen molar-refractivity contribution < 1.29 is 4.74 Å². The Morgan fingerprint density at radius 3 is 2.82 bits per heavy atom. The van der Waals surface area contributed by atoms with Crippen molar-refractivity contribution in [1.82, 2.24) is 10.3 Å². The van der Waals surface area contributed by atoms with Crippen molar-refractivity contribution in [3.05, 3.63) is 16.6 Å². The third-order valence-electron chi connectivity index (χ3n) is 3.83. The highest BCUT2D eigenvalue weighted by Crippen LogP contribution is 2.37. The monoisotopic (exact) mass is 254 g/mol. The van der Waals surface area contributed by atoms with Crippen LogP contribution in [-0.4, -0.2) is 30.3 Å². The van der Waals surface area contributed by atoms with Crippen LogP contribution in [0.4, 0.5) is 0 Å². The van der Waals surface area contributed by atoms with Gasteiger partial charge in [0.1, 0.15) is 0 Å². The minimum absolute atomic E-state index is 0.0417. The summed E-state index contributed by atoms with van der Waals surface area (Å²) in [5.74, 6) is 0. The second kappa shape index (κ2) is 5.94. The number of likely N-dealkylation sites (N-methyl/N-ethyl adjacent to an activating group) is 1. The zero-order chi connectivity index (χ0) is 12.1. The third kappa shape index (κ3) is 2.87. The Morgan fingerprint density at radius 2 is 2.29 bits per heavy atom. The molecule has 0 radical (unpaired) electrons. The van der Waals surface area contributed by atoms with E-state index < -0.39 is 0 Å². The molecule has 3 nitrogen and oxygen atoms in total. The quantitative estimate of drug-likeness (QED) is 0.847. The minimum Gasteiger partial charge on any atom is -0.377 e. The lowest BCUT2D eigenvalue weighted by molar-refractivity contribution is -0.0349. The first kappa shape index (κ1) is 13.0. The van der Waals surface area contributed by atoms with E-state index in [1.165, 1.54) is 30.6 Å². The summed E-state index contributed by atoms with van der Waals surface area (Å²) in [5.41, 5.74) is 1.95. The van der Waals surface area contributed by atoms with E-state index in [1.54, 1.807) is 11.3 Å². The van der Waals surface area contributed by atoms with Crippen LogP contribution in [0.25, 0.3) is 0 Å². The maximum Gasteiger partial charge on any atom is 0.0834 e. The molecule has 0 saturated heterocycles. The second-order valence-electron chi connectivity index (χ2n) is 4.76. The number of nitrogens with one attached hydrogen (secondary N) is 1. The van der Waals surface area contributed by atoms with Gasteiger partial charge in [0.15, 0.2) is 0 Å². The predicted octanol–water partition coefficient (Wildman–Crippen LogP) is 2.62. The molecule has 1 atom stereocenters. The van der Waals surface area contributed by atoms with Crippen LogP contribution in [0.2, 0.25) is 0 Å². The summed E-state index contributed by atoms with van der Waals surface area (Å²) in [6.07, 6.45) is 7.95. The molecule has 1 heterocycles. The van der Waals surface area contributed by atoms with E-state index in [0.717, 1.165) is 13.0 Å². The lowest BCUT2D eigenvalue weighted by Crippen LogP contribution is -2.51. The van der Waals surface area contributed by atoms with Gasteiger partial charge in [0.25, 0.3) is 0 Å². The Morgan fingerprint density at radius 1 is 1.53 bits per heavy atom. The predicted molar refractivity (Wildman–Crippen MR) is 71.5 cm³/mol. The van der Waals surface area contributed by atoms with Crippen molar-refractivity contribution in [2.75, 3.05) is 13.7 Å².